The van der Waals surface area contributed by atoms with Crippen molar-refractivity contribution in [1.82, 2.24) is 15.3 Å². The highest BCUT2D eigenvalue weighted by Crippen LogP contribution is 2.42. The monoisotopic (exact) mass is 462 g/mol. The van der Waals surface area contributed by atoms with Crippen molar-refractivity contribution in [3.63, 3.8) is 0 Å². The zero-order valence-corrected chi connectivity index (χ0v) is 20.4. The van der Waals surface area contributed by atoms with Gasteiger partial charge in [0, 0.05) is 22.8 Å². The fourth-order valence-corrected chi connectivity index (χ4v) is 5.01. The van der Waals surface area contributed by atoms with Crippen molar-refractivity contribution in [2.24, 2.45) is 5.41 Å². The van der Waals surface area contributed by atoms with Gasteiger partial charge in [-0.2, -0.15) is 0 Å². The number of benzene rings is 1. The largest absolute Gasteiger partial charge is 0.388 e. The molecule has 0 aliphatic heterocycles. The van der Waals surface area contributed by atoms with Gasteiger partial charge in [0.05, 0.1) is 17.3 Å². The summed E-state index contributed by atoms with van der Waals surface area (Å²) in [6.45, 7) is 8.14. The van der Waals surface area contributed by atoms with Gasteiger partial charge in [-0.05, 0) is 61.4 Å². The van der Waals surface area contributed by atoms with Gasteiger partial charge in [0.1, 0.15) is 11.7 Å². The molecule has 7 heteroatoms. The molecule has 2 unspecified atom stereocenters. The first kappa shape index (κ1) is 24.0. The van der Waals surface area contributed by atoms with E-state index in [0.29, 0.717) is 24.2 Å². The summed E-state index contributed by atoms with van der Waals surface area (Å²) in [5.74, 6) is -0.582. The van der Waals surface area contributed by atoms with E-state index in [9.17, 15) is 14.7 Å². The van der Waals surface area contributed by atoms with Crippen LogP contribution in [-0.2, 0) is 11.2 Å². The molecule has 2 heterocycles. The van der Waals surface area contributed by atoms with Gasteiger partial charge in [-0.1, -0.05) is 39.7 Å². The smallest absolute Gasteiger partial charge is 0.268 e. The summed E-state index contributed by atoms with van der Waals surface area (Å²) in [5, 5.41) is 17.5. The lowest BCUT2D eigenvalue weighted by Crippen LogP contribution is -2.44. The Bertz CT molecular complexity index is 1210. The number of nitrogens with zero attached hydrogens (tertiary/aromatic N) is 1. The molecular formula is C27H34N4O3. The lowest BCUT2D eigenvalue weighted by Gasteiger charge is -2.33. The van der Waals surface area contributed by atoms with Crippen LogP contribution >= 0.6 is 0 Å². The molecule has 1 aliphatic carbocycles. The van der Waals surface area contributed by atoms with Gasteiger partial charge >= 0.3 is 0 Å². The second-order valence-electron chi connectivity index (χ2n) is 10.1. The molecule has 4 rings (SSSR count). The van der Waals surface area contributed by atoms with Gasteiger partial charge in [0.2, 0.25) is 5.91 Å². The molecule has 180 valence electrons. The highest BCUT2D eigenvalue weighted by Gasteiger charge is 2.36. The molecule has 0 fully saturated rings. The molecule has 1 aromatic carbocycles. The van der Waals surface area contributed by atoms with E-state index < -0.39 is 12.1 Å². The molecule has 0 radical (unpaired) electrons. The van der Waals surface area contributed by atoms with E-state index in [2.05, 4.69) is 41.4 Å². The zero-order valence-electron chi connectivity index (χ0n) is 20.4. The molecule has 7 nitrogen and oxygen atoms in total. The minimum atomic E-state index is -0.680. The number of pyridine rings is 1. The first-order valence-electron chi connectivity index (χ1n) is 12.0. The van der Waals surface area contributed by atoms with E-state index >= 15 is 0 Å². The zero-order chi connectivity index (χ0) is 24.5. The summed E-state index contributed by atoms with van der Waals surface area (Å²) in [7, 11) is 0. The number of hydrogen-bond donors (Lipinski definition) is 4. The molecule has 0 spiro atoms. The minimum absolute atomic E-state index is 0.0473. The number of aromatic nitrogens is 2. The normalized spacial score (nSPS) is 17.7. The summed E-state index contributed by atoms with van der Waals surface area (Å²) in [4.78, 5) is 34.1. The van der Waals surface area contributed by atoms with Crippen molar-refractivity contribution in [3.05, 3.63) is 59.0 Å². The Kier molecular flexibility index (Phi) is 6.75. The number of hydrogen-bond acceptors (Lipinski definition) is 4. The van der Waals surface area contributed by atoms with Crippen molar-refractivity contribution in [3.8, 4) is 0 Å². The average molecular weight is 463 g/mol. The van der Waals surface area contributed by atoms with Crippen LogP contribution in [0.2, 0.25) is 0 Å². The maximum absolute atomic E-state index is 13.3. The Morgan fingerprint density at radius 3 is 2.82 bits per heavy atom. The van der Waals surface area contributed by atoms with Crippen LogP contribution in [0, 0.1) is 12.3 Å². The molecule has 1 aliphatic rings. The third kappa shape index (κ3) is 4.85. The van der Waals surface area contributed by atoms with Crippen LogP contribution in [0.4, 0.5) is 5.69 Å². The van der Waals surface area contributed by atoms with Crippen LogP contribution in [0.1, 0.15) is 79.9 Å². The van der Waals surface area contributed by atoms with Crippen LogP contribution in [0.25, 0.3) is 10.9 Å². The number of aliphatic hydroxyl groups is 1. The van der Waals surface area contributed by atoms with Crippen molar-refractivity contribution in [1.29, 1.82) is 0 Å². The molecule has 0 saturated carbocycles. The fraction of sp³-hybridized carbons (Fsp3) is 0.444. The summed E-state index contributed by atoms with van der Waals surface area (Å²) >= 11 is 0. The van der Waals surface area contributed by atoms with Gasteiger partial charge in [-0.25, -0.2) is 0 Å². The Labute approximate surface area is 200 Å². The van der Waals surface area contributed by atoms with E-state index in [0.717, 1.165) is 47.0 Å². The van der Waals surface area contributed by atoms with Gasteiger partial charge in [0.25, 0.3) is 5.91 Å². The standard InChI is InChI=1S/C27H34N4O3/c1-5-6-10-20(25(33)30-19-12-7-11-18-17(19)9-8-13-28-18)31-26(34)24-16(2)23-21(29-24)14-27(3,4)15-22(23)32/h7-9,11-13,20,22,29,32H,5-6,10,14-15H2,1-4H3,(H,30,33)(H,31,34). The van der Waals surface area contributed by atoms with Crippen molar-refractivity contribution in [2.75, 3.05) is 5.32 Å². The lowest BCUT2D eigenvalue weighted by atomic mass is 9.75. The minimum Gasteiger partial charge on any atom is -0.388 e. The molecule has 3 aromatic rings. The van der Waals surface area contributed by atoms with E-state index in [-0.39, 0.29) is 17.2 Å². The third-order valence-corrected chi connectivity index (χ3v) is 6.71. The van der Waals surface area contributed by atoms with Gasteiger partial charge in [-0.15, -0.1) is 0 Å². The number of unbranched alkanes of at least 4 members (excludes halogenated alkanes) is 1. The summed E-state index contributed by atoms with van der Waals surface area (Å²) in [6, 6.07) is 8.65. The number of H-pyrrole nitrogens is 1. The predicted molar refractivity (Wildman–Crippen MR) is 134 cm³/mol. The highest BCUT2D eigenvalue weighted by atomic mass is 16.3. The number of carbonyl (C=O) groups excluding carboxylic acids is 2. The summed E-state index contributed by atoms with van der Waals surface area (Å²) in [5.41, 5.74) is 4.32. The second kappa shape index (κ2) is 9.58. The molecule has 2 amide bonds. The van der Waals surface area contributed by atoms with Crippen molar-refractivity contribution in [2.45, 2.75) is 71.9 Å². The highest BCUT2D eigenvalue weighted by molar-refractivity contribution is 6.05. The molecule has 34 heavy (non-hydrogen) atoms. The quantitative estimate of drug-likeness (QED) is 0.404. The molecular weight excluding hydrogens is 428 g/mol. The average Bonchev–Trinajstić information content (AvgIpc) is 3.11. The number of carbonyl (C=O) groups is 2. The second-order valence-corrected chi connectivity index (χ2v) is 10.1. The Hall–Kier alpha value is -3.19. The molecule has 2 aromatic heterocycles. The van der Waals surface area contributed by atoms with E-state index in [4.69, 9.17) is 0 Å². The number of nitrogens with one attached hydrogen (secondary N) is 3. The van der Waals surface area contributed by atoms with Crippen LogP contribution < -0.4 is 10.6 Å². The maximum atomic E-state index is 13.3. The van der Waals surface area contributed by atoms with Crippen LogP contribution in [-0.4, -0.2) is 32.9 Å². The van der Waals surface area contributed by atoms with E-state index in [1.807, 2.05) is 37.3 Å². The Morgan fingerprint density at radius 2 is 2.06 bits per heavy atom. The number of aromatic amines is 1. The topological polar surface area (TPSA) is 107 Å². The summed E-state index contributed by atoms with van der Waals surface area (Å²) < 4.78 is 0. The van der Waals surface area contributed by atoms with Crippen LogP contribution in [0.5, 0.6) is 0 Å². The fourth-order valence-electron chi connectivity index (χ4n) is 5.01. The number of anilines is 1. The van der Waals surface area contributed by atoms with Gasteiger partial charge in [-0.3, -0.25) is 14.6 Å². The number of amides is 2. The number of aliphatic hydroxyl groups excluding tert-OH is 1. The predicted octanol–water partition coefficient (Wildman–Crippen LogP) is 4.80. The Balaban J connectivity index is 1.56. The summed E-state index contributed by atoms with van der Waals surface area (Å²) in [6.07, 6.45) is 4.79. The molecule has 0 saturated heterocycles. The number of fused-ring (bicyclic) bond motifs is 2. The maximum Gasteiger partial charge on any atom is 0.268 e. The molecule has 4 N–H and O–H groups in total. The lowest BCUT2D eigenvalue weighted by molar-refractivity contribution is -0.118. The van der Waals surface area contributed by atoms with Gasteiger partial charge < -0.3 is 20.7 Å². The van der Waals surface area contributed by atoms with E-state index in [1.165, 1.54) is 0 Å². The van der Waals surface area contributed by atoms with Gasteiger partial charge in [0.15, 0.2) is 0 Å². The molecule has 2 atom stereocenters. The first-order valence-corrected chi connectivity index (χ1v) is 12.0. The van der Waals surface area contributed by atoms with E-state index in [1.54, 1.807) is 6.20 Å². The third-order valence-electron chi connectivity index (χ3n) is 6.71. The van der Waals surface area contributed by atoms with Crippen LogP contribution in [0.15, 0.2) is 36.5 Å². The molecule has 0 bridgehead atoms. The Morgan fingerprint density at radius 1 is 1.26 bits per heavy atom. The van der Waals surface area contributed by atoms with Crippen molar-refractivity contribution >= 4 is 28.4 Å². The first-order chi connectivity index (χ1) is 16.2. The number of rotatable bonds is 7. The SMILES string of the molecule is CCCCC(NC(=O)c1[nH]c2c(c1C)C(O)CC(C)(C)C2)C(=O)Nc1cccc2ncccc12. The van der Waals surface area contributed by atoms with Crippen molar-refractivity contribution < 1.29 is 14.7 Å². The van der Waals surface area contributed by atoms with Crippen LogP contribution in [0.3, 0.4) is 0 Å².